The Kier molecular flexibility index (Phi) is 4.53. The highest BCUT2D eigenvalue weighted by molar-refractivity contribution is 5.99. The van der Waals surface area contributed by atoms with E-state index < -0.39 is 0 Å². The van der Waals surface area contributed by atoms with E-state index in [2.05, 4.69) is 20.3 Å². The molecule has 5 aromatic rings. The van der Waals surface area contributed by atoms with Crippen molar-refractivity contribution in [3.8, 4) is 17.2 Å². The molecule has 0 aliphatic heterocycles. The highest BCUT2D eigenvalue weighted by Gasteiger charge is 2.19. The maximum Gasteiger partial charge on any atom is 0.272 e. The lowest BCUT2D eigenvalue weighted by Crippen LogP contribution is -2.23. The molecule has 7 nitrogen and oxygen atoms in total. The Balaban J connectivity index is 1.49. The van der Waals surface area contributed by atoms with Crippen LogP contribution in [0.4, 0.5) is 0 Å². The minimum atomic E-state index is -0.232. The third-order valence-electron chi connectivity index (χ3n) is 4.83. The first-order chi connectivity index (χ1) is 14.8. The van der Waals surface area contributed by atoms with E-state index in [9.17, 15) is 4.79 Å². The quantitative estimate of drug-likeness (QED) is 0.495. The second-order valence-electron chi connectivity index (χ2n) is 6.78. The monoisotopic (exact) mass is 394 g/mol. The predicted molar refractivity (Wildman–Crippen MR) is 113 cm³/mol. The number of aromatic nitrogens is 5. The number of hydrogen-bond acceptors (Lipinski definition) is 4. The molecule has 0 atom stereocenters. The summed E-state index contributed by atoms with van der Waals surface area (Å²) in [6.45, 7) is 0.408. The van der Waals surface area contributed by atoms with Crippen molar-refractivity contribution >= 4 is 11.4 Å². The molecule has 1 amide bonds. The molecule has 146 valence electrons. The topological polar surface area (TPSA) is 77.1 Å². The maximum absolute atomic E-state index is 12.9. The third kappa shape index (κ3) is 3.33. The molecule has 0 unspecified atom stereocenters. The van der Waals surface area contributed by atoms with Crippen LogP contribution in [0.2, 0.25) is 0 Å². The van der Waals surface area contributed by atoms with Crippen molar-refractivity contribution in [2.75, 3.05) is 0 Å². The van der Waals surface area contributed by atoms with Gasteiger partial charge in [0.05, 0.1) is 5.52 Å². The van der Waals surface area contributed by atoms with Crippen LogP contribution < -0.4 is 5.32 Å². The van der Waals surface area contributed by atoms with E-state index in [0.717, 1.165) is 16.8 Å². The molecule has 0 fully saturated rings. The zero-order chi connectivity index (χ0) is 20.3. The summed E-state index contributed by atoms with van der Waals surface area (Å²) in [4.78, 5) is 26.0. The number of hydrogen-bond donors (Lipinski definition) is 1. The van der Waals surface area contributed by atoms with Gasteiger partial charge < -0.3 is 9.88 Å². The van der Waals surface area contributed by atoms with Crippen LogP contribution in [0.3, 0.4) is 0 Å². The molecule has 1 aromatic carbocycles. The molecular weight excluding hydrogens is 376 g/mol. The Morgan fingerprint density at radius 2 is 1.77 bits per heavy atom. The van der Waals surface area contributed by atoms with E-state index in [-0.39, 0.29) is 5.91 Å². The van der Waals surface area contributed by atoms with Crippen molar-refractivity contribution < 1.29 is 4.79 Å². The summed E-state index contributed by atoms with van der Waals surface area (Å²) in [7, 11) is 0. The third-order valence-corrected chi connectivity index (χ3v) is 4.83. The van der Waals surface area contributed by atoms with Crippen molar-refractivity contribution in [1.82, 2.24) is 29.2 Å². The van der Waals surface area contributed by atoms with Crippen molar-refractivity contribution in [3.05, 3.63) is 103 Å². The van der Waals surface area contributed by atoms with Gasteiger partial charge in [0.1, 0.15) is 12.0 Å². The summed E-state index contributed by atoms with van der Waals surface area (Å²) in [5.41, 5.74) is 3.77. The standard InChI is InChI=1S/C23H18N6O/c30-23(25-14-17-9-11-24-12-10-17)21-20-8-4-5-13-29(20)22(27-21)19-15-28(16-26-19)18-6-2-1-3-7-18/h1-13,15-16H,14H2,(H,25,30). The number of carbonyl (C=O) groups is 1. The van der Waals surface area contributed by atoms with E-state index in [1.807, 2.05) is 82.0 Å². The van der Waals surface area contributed by atoms with Crippen LogP contribution in [-0.4, -0.2) is 29.8 Å². The van der Waals surface area contributed by atoms with Crippen molar-refractivity contribution in [1.29, 1.82) is 0 Å². The van der Waals surface area contributed by atoms with Gasteiger partial charge in [0.25, 0.3) is 5.91 Å². The molecule has 1 N–H and O–H groups in total. The van der Waals surface area contributed by atoms with Crippen LogP contribution in [0.5, 0.6) is 0 Å². The Labute approximate surface area is 172 Å². The van der Waals surface area contributed by atoms with Gasteiger partial charge in [-0.2, -0.15) is 0 Å². The second-order valence-corrected chi connectivity index (χ2v) is 6.78. The highest BCUT2D eigenvalue weighted by atomic mass is 16.1. The van der Waals surface area contributed by atoms with E-state index in [0.29, 0.717) is 23.8 Å². The van der Waals surface area contributed by atoms with Gasteiger partial charge in [0.2, 0.25) is 0 Å². The van der Waals surface area contributed by atoms with Crippen LogP contribution in [0.25, 0.3) is 22.7 Å². The minimum Gasteiger partial charge on any atom is -0.347 e. The largest absolute Gasteiger partial charge is 0.347 e. The molecule has 0 aliphatic rings. The normalized spacial score (nSPS) is 10.9. The van der Waals surface area contributed by atoms with Crippen molar-refractivity contribution in [2.45, 2.75) is 6.54 Å². The summed E-state index contributed by atoms with van der Waals surface area (Å²) in [5, 5.41) is 2.94. The Morgan fingerprint density at radius 3 is 2.60 bits per heavy atom. The fourth-order valence-corrected chi connectivity index (χ4v) is 3.33. The van der Waals surface area contributed by atoms with Gasteiger partial charge in [-0.05, 0) is 42.0 Å². The molecule has 0 radical (unpaired) electrons. The van der Waals surface area contributed by atoms with Crippen LogP contribution in [0.1, 0.15) is 16.1 Å². The summed E-state index contributed by atoms with van der Waals surface area (Å²) in [5.74, 6) is 0.388. The number of benzene rings is 1. The SMILES string of the molecule is O=C(NCc1ccncc1)c1nc(-c2cn(-c3ccccc3)cn2)n2ccccc12. The Hall–Kier alpha value is -4.26. The lowest BCUT2D eigenvalue weighted by atomic mass is 10.2. The Bertz CT molecular complexity index is 1310. The second kappa shape index (κ2) is 7.63. The number of pyridine rings is 2. The van der Waals surface area contributed by atoms with Gasteiger partial charge in [-0.25, -0.2) is 9.97 Å². The number of nitrogens with zero attached hydrogens (tertiary/aromatic N) is 5. The van der Waals surface area contributed by atoms with Crippen LogP contribution >= 0.6 is 0 Å². The molecule has 0 spiro atoms. The van der Waals surface area contributed by atoms with Gasteiger partial charge in [-0.15, -0.1) is 0 Å². The average molecular weight is 394 g/mol. The predicted octanol–water partition coefficient (Wildman–Crippen LogP) is 3.51. The number of fused-ring (bicyclic) bond motifs is 1. The lowest BCUT2D eigenvalue weighted by Gasteiger charge is -2.03. The number of nitrogens with one attached hydrogen (secondary N) is 1. The molecule has 30 heavy (non-hydrogen) atoms. The summed E-state index contributed by atoms with van der Waals surface area (Å²) in [6, 6.07) is 19.4. The van der Waals surface area contributed by atoms with Gasteiger partial charge >= 0.3 is 0 Å². The van der Waals surface area contributed by atoms with Crippen LogP contribution in [-0.2, 0) is 6.54 Å². The average Bonchev–Trinajstić information content (AvgIpc) is 3.44. The van der Waals surface area contributed by atoms with E-state index in [1.54, 1.807) is 18.7 Å². The first-order valence-corrected chi connectivity index (χ1v) is 9.53. The summed E-state index contributed by atoms with van der Waals surface area (Å²) >= 11 is 0. The maximum atomic E-state index is 12.9. The number of carbonyl (C=O) groups excluding carboxylic acids is 1. The number of amides is 1. The van der Waals surface area contributed by atoms with Gasteiger partial charge in [-0.1, -0.05) is 24.3 Å². The zero-order valence-electron chi connectivity index (χ0n) is 16.0. The first kappa shape index (κ1) is 17.8. The van der Waals surface area contributed by atoms with Crippen LogP contribution in [0, 0.1) is 0 Å². The molecule has 4 heterocycles. The minimum absolute atomic E-state index is 0.232. The van der Waals surface area contributed by atoms with Gasteiger partial charge in [-0.3, -0.25) is 14.2 Å². The van der Waals surface area contributed by atoms with Gasteiger partial charge in [0.15, 0.2) is 11.5 Å². The molecule has 7 heteroatoms. The van der Waals surface area contributed by atoms with Gasteiger partial charge in [0, 0.05) is 37.0 Å². The molecule has 0 bridgehead atoms. The van der Waals surface area contributed by atoms with E-state index in [1.165, 1.54) is 0 Å². The molecule has 0 saturated carbocycles. The summed E-state index contributed by atoms with van der Waals surface area (Å²) in [6.07, 6.45) is 8.95. The molecule has 4 aromatic heterocycles. The Morgan fingerprint density at radius 1 is 0.967 bits per heavy atom. The molecular formula is C23H18N6O. The van der Waals surface area contributed by atoms with Crippen molar-refractivity contribution in [3.63, 3.8) is 0 Å². The smallest absolute Gasteiger partial charge is 0.272 e. The first-order valence-electron chi connectivity index (χ1n) is 9.53. The number of imidazole rings is 2. The molecule has 5 rings (SSSR count). The fourth-order valence-electron chi connectivity index (χ4n) is 3.33. The molecule has 0 aliphatic carbocycles. The van der Waals surface area contributed by atoms with Crippen molar-refractivity contribution in [2.24, 2.45) is 0 Å². The van der Waals surface area contributed by atoms with Crippen LogP contribution in [0.15, 0.2) is 91.8 Å². The number of para-hydroxylation sites is 1. The fraction of sp³-hybridized carbons (Fsp3) is 0.0435. The van der Waals surface area contributed by atoms with E-state index >= 15 is 0 Å². The highest BCUT2D eigenvalue weighted by Crippen LogP contribution is 2.22. The zero-order valence-corrected chi connectivity index (χ0v) is 16.0. The molecule has 0 saturated heterocycles. The van der Waals surface area contributed by atoms with E-state index in [4.69, 9.17) is 0 Å². The summed E-state index contributed by atoms with van der Waals surface area (Å²) < 4.78 is 3.82. The lowest BCUT2D eigenvalue weighted by molar-refractivity contribution is 0.0948. The number of rotatable bonds is 5.